The molecule has 0 fully saturated rings. The van der Waals surface area contributed by atoms with Gasteiger partial charge in [-0.05, 0) is 55.4 Å². The van der Waals surface area contributed by atoms with Crippen molar-refractivity contribution in [1.82, 2.24) is 5.32 Å². The van der Waals surface area contributed by atoms with Crippen LogP contribution in [-0.4, -0.2) is 18.3 Å². The van der Waals surface area contributed by atoms with Gasteiger partial charge in [0, 0.05) is 19.7 Å². The van der Waals surface area contributed by atoms with Crippen molar-refractivity contribution >= 4 is 0 Å². The Morgan fingerprint density at radius 3 is 2.47 bits per heavy atom. The summed E-state index contributed by atoms with van der Waals surface area (Å²) < 4.78 is 0. The molecule has 1 aromatic carbocycles. The third-order valence-electron chi connectivity index (χ3n) is 3.75. The van der Waals surface area contributed by atoms with Crippen LogP contribution in [0.2, 0.25) is 0 Å². The Morgan fingerprint density at radius 1 is 1.18 bits per heavy atom. The minimum atomic E-state index is 0.273. The Hall–Kier alpha value is -0.860. The molecule has 96 valence electrons. The molecule has 0 bridgehead atoms. The Bertz CT molecular complexity index is 356. The molecule has 1 atom stereocenters. The Balaban J connectivity index is 2.55. The second-order valence-corrected chi connectivity index (χ2v) is 4.88. The van der Waals surface area contributed by atoms with Gasteiger partial charge >= 0.3 is 0 Å². The molecule has 0 aromatic heterocycles. The first-order valence-corrected chi connectivity index (χ1v) is 6.47. The predicted molar refractivity (Wildman–Crippen MR) is 73.2 cm³/mol. The Morgan fingerprint density at radius 2 is 1.88 bits per heavy atom. The third kappa shape index (κ3) is 3.83. The van der Waals surface area contributed by atoms with Gasteiger partial charge in [0.25, 0.3) is 0 Å². The molecule has 0 heterocycles. The summed E-state index contributed by atoms with van der Waals surface area (Å²) in [5, 5.41) is 12.5. The van der Waals surface area contributed by atoms with Gasteiger partial charge in [0.2, 0.25) is 0 Å². The van der Waals surface area contributed by atoms with E-state index in [1.807, 2.05) is 0 Å². The normalized spacial score (nSPS) is 12.8. The zero-order valence-corrected chi connectivity index (χ0v) is 11.5. The topological polar surface area (TPSA) is 32.3 Å². The summed E-state index contributed by atoms with van der Waals surface area (Å²) in [6, 6.07) is 4.38. The molecule has 0 saturated heterocycles. The van der Waals surface area contributed by atoms with Crippen molar-refractivity contribution in [3.05, 3.63) is 34.4 Å². The summed E-state index contributed by atoms with van der Waals surface area (Å²) in [5.74, 6) is 0.377. The van der Waals surface area contributed by atoms with E-state index in [0.29, 0.717) is 5.92 Å². The highest BCUT2D eigenvalue weighted by Gasteiger charge is 2.06. The predicted octanol–water partition coefficient (Wildman–Crippen LogP) is 2.72. The summed E-state index contributed by atoms with van der Waals surface area (Å²) in [7, 11) is 0. The third-order valence-corrected chi connectivity index (χ3v) is 3.75. The fraction of sp³-hybridized carbons (Fsp3) is 0.600. The summed E-state index contributed by atoms with van der Waals surface area (Å²) in [6.07, 6.45) is 1.02. The molecule has 0 amide bonds. The first-order valence-electron chi connectivity index (χ1n) is 6.47. The van der Waals surface area contributed by atoms with E-state index < -0.39 is 0 Å². The highest BCUT2D eigenvalue weighted by molar-refractivity contribution is 5.38. The van der Waals surface area contributed by atoms with E-state index in [0.717, 1.165) is 19.5 Å². The monoisotopic (exact) mass is 235 g/mol. The van der Waals surface area contributed by atoms with E-state index in [1.165, 1.54) is 22.3 Å². The van der Waals surface area contributed by atoms with E-state index in [9.17, 15) is 0 Å². The molecule has 0 saturated carbocycles. The Kier molecular flexibility index (Phi) is 5.66. The second kappa shape index (κ2) is 6.77. The van der Waals surface area contributed by atoms with Crippen molar-refractivity contribution in [3.8, 4) is 0 Å². The van der Waals surface area contributed by atoms with Crippen LogP contribution in [-0.2, 0) is 6.54 Å². The van der Waals surface area contributed by atoms with Crippen LogP contribution in [0.25, 0.3) is 0 Å². The molecule has 17 heavy (non-hydrogen) atoms. The van der Waals surface area contributed by atoms with Crippen molar-refractivity contribution in [2.24, 2.45) is 5.92 Å². The molecular formula is C15H25NO. The van der Waals surface area contributed by atoms with Crippen LogP contribution in [0.15, 0.2) is 12.1 Å². The lowest BCUT2D eigenvalue weighted by molar-refractivity contribution is 0.218. The molecule has 2 N–H and O–H groups in total. The number of aliphatic hydroxyl groups excluding tert-OH is 1. The lowest BCUT2D eigenvalue weighted by atomic mass is 9.98. The maximum atomic E-state index is 9.12. The van der Waals surface area contributed by atoms with Gasteiger partial charge in [0.05, 0.1) is 0 Å². The minimum absolute atomic E-state index is 0.273. The van der Waals surface area contributed by atoms with Crippen LogP contribution >= 0.6 is 0 Å². The first kappa shape index (κ1) is 14.2. The molecule has 1 rings (SSSR count). The van der Waals surface area contributed by atoms with Crippen LogP contribution in [0, 0.1) is 26.7 Å². The second-order valence-electron chi connectivity index (χ2n) is 4.88. The molecule has 1 aromatic rings. The molecule has 0 aliphatic rings. The molecule has 2 heteroatoms. The quantitative estimate of drug-likeness (QED) is 0.794. The molecule has 0 radical (unpaired) electrons. The smallest absolute Gasteiger partial charge is 0.0471 e. The van der Waals surface area contributed by atoms with E-state index in [1.54, 1.807) is 0 Å². The minimum Gasteiger partial charge on any atom is -0.396 e. The number of rotatable bonds is 6. The highest BCUT2D eigenvalue weighted by Crippen LogP contribution is 2.16. The summed E-state index contributed by atoms with van der Waals surface area (Å²) >= 11 is 0. The fourth-order valence-electron chi connectivity index (χ4n) is 1.95. The summed E-state index contributed by atoms with van der Waals surface area (Å²) in [5.41, 5.74) is 5.49. The van der Waals surface area contributed by atoms with Crippen molar-refractivity contribution in [1.29, 1.82) is 0 Å². The lowest BCUT2D eigenvalue weighted by Gasteiger charge is -2.15. The molecule has 2 nitrogen and oxygen atoms in total. The molecule has 0 aliphatic carbocycles. The van der Waals surface area contributed by atoms with E-state index in [4.69, 9.17) is 5.11 Å². The standard InChI is InChI=1S/C15H25NO/c1-5-14(10-17)8-16-9-15-7-6-11(2)12(3)13(15)4/h6-7,14,16-17H,5,8-10H2,1-4H3. The molecule has 0 aliphatic heterocycles. The van der Waals surface area contributed by atoms with Gasteiger partial charge in [-0.25, -0.2) is 0 Å². The van der Waals surface area contributed by atoms with Gasteiger partial charge < -0.3 is 10.4 Å². The average molecular weight is 235 g/mol. The van der Waals surface area contributed by atoms with Gasteiger partial charge in [-0.1, -0.05) is 19.1 Å². The van der Waals surface area contributed by atoms with Crippen molar-refractivity contribution in [2.75, 3.05) is 13.2 Å². The van der Waals surface area contributed by atoms with Gasteiger partial charge in [0.15, 0.2) is 0 Å². The number of nitrogens with one attached hydrogen (secondary N) is 1. The maximum Gasteiger partial charge on any atom is 0.0471 e. The van der Waals surface area contributed by atoms with Crippen LogP contribution in [0.1, 0.15) is 35.6 Å². The summed E-state index contributed by atoms with van der Waals surface area (Å²) in [4.78, 5) is 0. The van der Waals surface area contributed by atoms with Crippen LogP contribution < -0.4 is 5.32 Å². The highest BCUT2D eigenvalue weighted by atomic mass is 16.3. The largest absolute Gasteiger partial charge is 0.396 e. The zero-order chi connectivity index (χ0) is 12.8. The van der Waals surface area contributed by atoms with Gasteiger partial charge in [-0.15, -0.1) is 0 Å². The number of benzene rings is 1. The molecular weight excluding hydrogens is 210 g/mol. The number of hydrogen-bond donors (Lipinski definition) is 2. The van der Waals surface area contributed by atoms with Gasteiger partial charge in [0.1, 0.15) is 0 Å². The van der Waals surface area contributed by atoms with Crippen molar-refractivity contribution in [2.45, 2.75) is 40.7 Å². The molecule has 0 spiro atoms. The van der Waals surface area contributed by atoms with E-state index in [-0.39, 0.29) is 6.61 Å². The number of aliphatic hydroxyl groups is 1. The summed E-state index contributed by atoms with van der Waals surface area (Å²) in [6.45, 7) is 10.7. The Labute approximate surface area is 105 Å². The van der Waals surface area contributed by atoms with Crippen molar-refractivity contribution in [3.63, 3.8) is 0 Å². The van der Waals surface area contributed by atoms with Crippen LogP contribution in [0.4, 0.5) is 0 Å². The zero-order valence-electron chi connectivity index (χ0n) is 11.5. The SMILES string of the molecule is CCC(CO)CNCc1ccc(C)c(C)c1C. The lowest BCUT2D eigenvalue weighted by Crippen LogP contribution is -2.24. The fourth-order valence-corrected chi connectivity index (χ4v) is 1.95. The van der Waals surface area contributed by atoms with Gasteiger partial charge in [-0.2, -0.15) is 0 Å². The molecule has 1 unspecified atom stereocenters. The van der Waals surface area contributed by atoms with E-state index >= 15 is 0 Å². The maximum absolute atomic E-state index is 9.12. The average Bonchev–Trinajstić information content (AvgIpc) is 2.34. The number of hydrogen-bond acceptors (Lipinski definition) is 2. The van der Waals surface area contributed by atoms with Gasteiger partial charge in [-0.3, -0.25) is 0 Å². The first-order chi connectivity index (χ1) is 8.10. The van der Waals surface area contributed by atoms with Crippen LogP contribution in [0.3, 0.4) is 0 Å². The number of aryl methyl sites for hydroxylation is 1. The van der Waals surface area contributed by atoms with E-state index in [2.05, 4.69) is 45.1 Å². The van der Waals surface area contributed by atoms with Crippen molar-refractivity contribution < 1.29 is 5.11 Å². The van der Waals surface area contributed by atoms with Crippen LogP contribution in [0.5, 0.6) is 0 Å².